The Balaban J connectivity index is 1.70. The molecule has 1 aliphatic carbocycles. The molecule has 2 N–H and O–H groups in total. The molecule has 3 nitrogen and oxygen atoms in total. The van der Waals surface area contributed by atoms with E-state index in [2.05, 4.69) is 17.1 Å². The highest BCUT2D eigenvalue weighted by Gasteiger charge is 2.25. The van der Waals surface area contributed by atoms with Crippen molar-refractivity contribution in [1.82, 2.24) is 10.2 Å². The molecular weight excluding hydrogens is 212 g/mol. The monoisotopic (exact) mass is 240 g/mol. The van der Waals surface area contributed by atoms with Gasteiger partial charge in [0.2, 0.25) is 0 Å². The molecule has 1 saturated heterocycles. The van der Waals surface area contributed by atoms with Gasteiger partial charge in [0.15, 0.2) is 0 Å². The quantitative estimate of drug-likeness (QED) is 0.712. The molecule has 2 fully saturated rings. The van der Waals surface area contributed by atoms with Crippen LogP contribution in [0.5, 0.6) is 0 Å². The minimum Gasteiger partial charge on any atom is -0.395 e. The van der Waals surface area contributed by atoms with E-state index < -0.39 is 0 Å². The first-order valence-corrected chi connectivity index (χ1v) is 7.44. The predicted molar refractivity (Wildman–Crippen MR) is 71.2 cm³/mol. The minimum atomic E-state index is 0.293. The first kappa shape index (κ1) is 13.3. The molecule has 1 heterocycles. The number of hydrogen-bond donors (Lipinski definition) is 2. The third-order valence-corrected chi connectivity index (χ3v) is 4.25. The lowest BCUT2D eigenvalue weighted by molar-refractivity contribution is 0.129. The third-order valence-electron chi connectivity index (χ3n) is 4.25. The van der Waals surface area contributed by atoms with Crippen LogP contribution in [0.1, 0.15) is 51.9 Å². The number of nitrogens with one attached hydrogen (secondary N) is 1. The molecule has 3 heteroatoms. The first-order valence-electron chi connectivity index (χ1n) is 7.44. The molecule has 17 heavy (non-hydrogen) atoms. The highest BCUT2D eigenvalue weighted by Crippen LogP contribution is 2.22. The number of aliphatic hydroxyl groups is 1. The number of aliphatic hydroxyl groups excluding tert-OH is 1. The second-order valence-electron chi connectivity index (χ2n) is 5.70. The summed E-state index contributed by atoms with van der Waals surface area (Å²) in [5.41, 5.74) is 0. The van der Waals surface area contributed by atoms with Crippen molar-refractivity contribution >= 4 is 0 Å². The van der Waals surface area contributed by atoms with Gasteiger partial charge < -0.3 is 15.3 Å². The van der Waals surface area contributed by atoms with E-state index in [0.29, 0.717) is 18.7 Å². The fourth-order valence-corrected chi connectivity index (χ4v) is 2.95. The van der Waals surface area contributed by atoms with Crippen molar-refractivity contribution in [2.24, 2.45) is 0 Å². The lowest BCUT2D eigenvalue weighted by Gasteiger charge is -2.36. The smallest absolute Gasteiger partial charge is 0.0585 e. The molecule has 0 aromatic heterocycles. The zero-order valence-electron chi connectivity index (χ0n) is 11.2. The van der Waals surface area contributed by atoms with Gasteiger partial charge in [0.25, 0.3) is 0 Å². The largest absolute Gasteiger partial charge is 0.395 e. The van der Waals surface area contributed by atoms with Crippen LogP contribution in [-0.4, -0.2) is 47.8 Å². The lowest BCUT2D eigenvalue weighted by Crippen LogP contribution is -2.43. The van der Waals surface area contributed by atoms with Crippen LogP contribution in [0.2, 0.25) is 0 Å². The van der Waals surface area contributed by atoms with Gasteiger partial charge in [-0.3, -0.25) is 0 Å². The van der Waals surface area contributed by atoms with Crippen molar-refractivity contribution in [2.75, 3.05) is 19.7 Å². The summed E-state index contributed by atoms with van der Waals surface area (Å²) in [6.45, 7) is 5.01. The first-order chi connectivity index (χ1) is 8.33. The normalized spacial score (nSPS) is 28.2. The van der Waals surface area contributed by atoms with E-state index in [4.69, 9.17) is 0 Å². The van der Waals surface area contributed by atoms with Crippen molar-refractivity contribution in [3.63, 3.8) is 0 Å². The van der Waals surface area contributed by atoms with Gasteiger partial charge >= 0.3 is 0 Å². The van der Waals surface area contributed by atoms with Crippen LogP contribution in [0.3, 0.4) is 0 Å². The van der Waals surface area contributed by atoms with Gasteiger partial charge in [-0.2, -0.15) is 0 Å². The number of hydrogen-bond acceptors (Lipinski definition) is 3. The summed E-state index contributed by atoms with van der Waals surface area (Å²) >= 11 is 0. The standard InChI is InChI=1S/C14H28N2O/c1-2-14-5-3-4-9-16(14)10-8-13(11-17)15-12-6-7-12/h12-15,17H,2-11H2,1H3. The molecule has 0 radical (unpaired) electrons. The molecule has 0 aromatic rings. The van der Waals surface area contributed by atoms with Crippen LogP contribution in [0.25, 0.3) is 0 Å². The van der Waals surface area contributed by atoms with Crippen LogP contribution in [0, 0.1) is 0 Å². The Labute approximate surface area is 106 Å². The summed E-state index contributed by atoms with van der Waals surface area (Å²) in [7, 11) is 0. The van der Waals surface area contributed by atoms with E-state index >= 15 is 0 Å². The van der Waals surface area contributed by atoms with E-state index in [0.717, 1.165) is 19.0 Å². The molecule has 0 bridgehead atoms. The molecule has 2 aliphatic rings. The Hall–Kier alpha value is -0.120. The third kappa shape index (κ3) is 4.23. The van der Waals surface area contributed by atoms with Gasteiger partial charge in [-0.15, -0.1) is 0 Å². The van der Waals surface area contributed by atoms with Crippen molar-refractivity contribution < 1.29 is 5.11 Å². The topological polar surface area (TPSA) is 35.5 Å². The zero-order chi connectivity index (χ0) is 12.1. The lowest BCUT2D eigenvalue weighted by atomic mass is 9.99. The molecule has 1 aliphatic heterocycles. The van der Waals surface area contributed by atoms with Gasteiger partial charge in [0.1, 0.15) is 0 Å². The molecule has 0 amide bonds. The number of likely N-dealkylation sites (tertiary alicyclic amines) is 1. The Kier molecular flexibility index (Phi) is 5.26. The number of nitrogens with zero attached hydrogens (tertiary/aromatic N) is 1. The Morgan fingerprint density at radius 1 is 1.29 bits per heavy atom. The van der Waals surface area contributed by atoms with Crippen LogP contribution in [0.4, 0.5) is 0 Å². The molecule has 1 saturated carbocycles. The molecule has 2 unspecified atom stereocenters. The average molecular weight is 240 g/mol. The maximum atomic E-state index is 9.37. The van der Waals surface area contributed by atoms with E-state index in [-0.39, 0.29) is 0 Å². The van der Waals surface area contributed by atoms with E-state index in [1.165, 1.54) is 45.1 Å². The maximum absolute atomic E-state index is 9.37. The van der Waals surface area contributed by atoms with E-state index in [1.807, 2.05) is 0 Å². The molecule has 2 rings (SSSR count). The van der Waals surface area contributed by atoms with Crippen LogP contribution in [0.15, 0.2) is 0 Å². The van der Waals surface area contributed by atoms with Gasteiger partial charge in [-0.05, 0) is 51.6 Å². The molecule has 2 atom stereocenters. The minimum absolute atomic E-state index is 0.293. The van der Waals surface area contributed by atoms with Crippen LogP contribution < -0.4 is 5.32 Å². The van der Waals surface area contributed by atoms with Gasteiger partial charge in [-0.25, -0.2) is 0 Å². The van der Waals surface area contributed by atoms with E-state index in [9.17, 15) is 5.11 Å². The SMILES string of the molecule is CCC1CCCCN1CCC(CO)NC1CC1. The van der Waals surface area contributed by atoms with Gasteiger partial charge in [0.05, 0.1) is 6.61 Å². The molecule has 0 spiro atoms. The molecule has 100 valence electrons. The Morgan fingerprint density at radius 2 is 2.12 bits per heavy atom. The average Bonchev–Trinajstić information content (AvgIpc) is 3.18. The summed E-state index contributed by atoms with van der Waals surface area (Å²) in [6.07, 6.45) is 9.12. The Bertz CT molecular complexity index is 218. The second-order valence-corrected chi connectivity index (χ2v) is 5.70. The second kappa shape index (κ2) is 6.72. The van der Waals surface area contributed by atoms with Crippen molar-refractivity contribution in [3.8, 4) is 0 Å². The van der Waals surface area contributed by atoms with Crippen LogP contribution >= 0.6 is 0 Å². The molecule has 0 aromatic carbocycles. The van der Waals surface area contributed by atoms with Crippen molar-refractivity contribution in [2.45, 2.75) is 70.0 Å². The van der Waals surface area contributed by atoms with E-state index in [1.54, 1.807) is 0 Å². The fourth-order valence-electron chi connectivity index (χ4n) is 2.95. The molecular formula is C14H28N2O. The van der Waals surface area contributed by atoms with Crippen molar-refractivity contribution in [3.05, 3.63) is 0 Å². The predicted octanol–water partition coefficient (Wildman–Crippen LogP) is 1.75. The van der Waals surface area contributed by atoms with Crippen molar-refractivity contribution in [1.29, 1.82) is 0 Å². The summed E-state index contributed by atoms with van der Waals surface area (Å²) in [6, 6.07) is 1.82. The summed E-state index contributed by atoms with van der Waals surface area (Å²) < 4.78 is 0. The Morgan fingerprint density at radius 3 is 2.76 bits per heavy atom. The summed E-state index contributed by atoms with van der Waals surface area (Å²) in [5, 5.41) is 12.9. The van der Waals surface area contributed by atoms with Gasteiger partial charge in [0, 0.05) is 18.1 Å². The summed E-state index contributed by atoms with van der Waals surface area (Å²) in [4.78, 5) is 2.64. The maximum Gasteiger partial charge on any atom is 0.0585 e. The highest BCUT2D eigenvalue weighted by atomic mass is 16.3. The summed E-state index contributed by atoms with van der Waals surface area (Å²) in [5.74, 6) is 0. The van der Waals surface area contributed by atoms with Gasteiger partial charge in [-0.1, -0.05) is 13.3 Å². The fraction of sp³-hybridized carbons (Fsp3) is 1.00. The number of piperidine rings is 1. The number of rotatable bonds is 7. The zero-order valence-corrected chi connectivity index (χ0v) is 11.2. The highest BCUT2D eigenvalue weighted by molar-refractivity contribution is 4.85. The van der Waals surface area contributed by atoms with Crippen LogP contribution in [-0.2, 0) is 0 Å².